The largest absolute Gasteiger partial charge is 0.460 e. The number of carbonyl (C=O) groups excluding carboxylic acids is 1. The molecule has 0 spiro atoms. The number of hydrogen-bond donors (Lipinski definition) is 0. The molecule has 0 bridgehead atoms. The number of rotatable bonds is 5. The van der Waals surface area contributed by atoms with Crippen LogP contribution in [0.2, 0.25) is 0 Å². The summed E-state index contributed by atoms with van der Waals surface area (Å²) in [5, 5.41) is 0. The van der Waals surface area contributed by atoms with Crippen molar-refractivity contribution in [2.75, 3.05) is 0 Å². The van der Waals surface area contributed by atoms with Gasteiger partial charge in [-0.15, -0.1) is 0 Å². The van der Waals surface area contributed by atoms with E-state index < -0.39 is 36.1 Å². The Balaban J connectivity index is 5.59. The van der Waals surface area contributed by atoms with E-state index in [2.05, 4.69) is 9.47 Å². The lowest BCUT2D eigenvalue weighted by Crippen LogP contribution is -2.61. The molecule has 0 amide bonds. The van der Waals surface area contributed by atoms with Crippen molar-refractivity contribution in [3.8, 4) is 0 Å². The Hall–Kier alpha value is -0.990. The van der Waals surface area contributed by atoms with Gasteiger partial charge in [0.25, 0.3) is 0 Å². The SMILES string of the molecule is CC(C)OC(=O)C(F)(OC(C)C)C(F)(F)C(F)(F)F. The molecular weight excluding hydrogens is 282 g/mol. The summed E-state index contributed by atoms with van der Waals surface area (Å²) in [4.78, 5) is 11.2. The molecule has 0 rings (SSSR count). The number of carbonyl (C=O) groups is 1. The maximum atomic E-state index is 13.9. The first-order chi connectivity index (χ1) is 8.25. The van der Waals surface area contributed by atoms with Gasteiger partial charge < -0.3 is 9.47 Å². The molecule has 0 aromatic carbocycles. The Morgan fingerprint density at radius 2 is 1.32 bits per heavy atom. The summed E-state index contributed by atoms with van der Waals surface area (Å²) in [6.45, 7) is 4.34. The van der Waals surface area contributed by atoms with Gasteiger partial charge in [0, 0.05) is 0 Å². The van der Waals surface area contributed by atoms with Gasteiger partial charge in [-0.25, -0.2) is 4.79 Å². The van der Waals surface area contributed by atoms with Gasteiger partial charge in [0.1, 0.15) is 0 Å². The molecule has 0 heterocycles. The molecule has 1 atom stereocenters. The van der Waals surface area contributed by atoms with Gasteiger partial charge >= 0.3 is 23.9 Å². The zero-order valence-corrected chi connectivity index (χ0v) is 10.6. The van der Waals surface area contributed by atoms with Gasteiger partial charge in [-0.1, -0.05) is 0 Å². The summed E-state index contributed by atoms with van der Waals surface area (Å²) in [7, 11) is 0. The van der Waals surface area contributed by atoms with E-state index >= 15 is 0 Å². The molecule has 0 saturated carbocycles. The fourth-order valence-electron chi connectivity index (χ4n) is 1.05. The molecule has 0 aliphatic rings. The van der Waals surface area contributed by atoms with Gasteiger partial charge in [-0.05, 0) is 27.7 Å². The molecule has 0 aromatic heterocycles. The normalized spacial score (nSPS) is 16.6. The molecule has 0 aromatic rings. The second kappa shape index (κ2) is 5.56. The second-order valence-electron chi connectivity index (χ2n) is 4.29. The lowest BCUT2D eigenvalue weighted by molar-refractivity contribution is -0.379. The first-order valence-corrected chi connectivity index (χ1v) is 5.28. The van der Waals surface area contributed by atoms with Crippen LogP contribution in [0.3, 0.4) is 0 Å². The highest BCUT2D eigenvalue weighted by Crippen LogP contribution is 2.47. The third-order valence-corrected chi connectivity index (χ3v) is 1.76. The van der Waals surface area contributed by atoms with Gasteiger partial charge in [0.15, 0.2) is 0 Å². The van der Waals surface area contributed by atoms with Gasteiger partial charge in [-0.3, -0.25) is 0 Å². The third kappa shape index (κ3) is 3.74. The fraction of sp³-hybridized carbons (Fsp3) is 0.900. The average molecular weight is 296 g/mol. The summed E-state index contributed by atoms with van der Waals surface area (Å²) < 4.78 is 84.7. The van der Waals surface area contributed by atoms with Crippen molar-refractivity contribution >= 4 is 5.97 Å². The van der Waals surface area contributed by atoms with E-state index in [0.717, 1.165) is 13.8 Å². The van der Waals surface area contributed by atoms with Gasteiger partial charge in [-0.2, -0.15) is 26.3 Å². The van der Waals surface area contributed by atoms with Crippen LogP contribution in [-0.4, -0.2) is 36.1 Å². The van der Waals surface area contributed by atoms with Crippen LogP contribution in [-0.2, 0) is 14.3 Å². The van der Waals surface area contributed by atoms with E-state index in [-0.39, 0.29) is 0 Å². The monoisotopic (exact) mass is 296 g/mol. The summed E-state index contributed by atoms with van der Waals surface area (Å²) >= 11 is 0. The lowest BCUT2D eigenvalue weighted by atomic mass is 10.1. The summed E-state index contributed by atoms with van der Waals surface area (Å²) in [6, 6.07) is 0. The quantitative estimate of drug-likeness (QED) is 0.577. The summed E-state index contributed by atoms with van der Waals surface area (Å²) in [5.41, 5.74) is 0. The summed E-state index contributed by atoms with van der Waals surface area (Å²) in [6.07, 6.45) is -8.77. The molecule has 0 saturated heterocycles. The zero-order valence-electron chi connectivity index (χ0n) is 10.6. The van der Waals surface area contributed by atoms with Crippen LogP contribution in [0.1, 0.15) is 27.7 Å². The van der Waals surface area contributed by atoms with Crippen LogP contribution in [0.4, 0.5) is 26.3 Å². The maximum Gasteiger partial charge on any atom is 0.460 e. The predicted molar refractivity (Wildman–Crippen MR) is 52.3 cm³/mol. The molecule has 0 radical (unpaired) electrons. The molecule has 1 unspecified atom stereocenters. The van der Waals surface area contributed by atoms with Crippen LogP contribution in [0.5, 0.6) is 0 Å². The minimum Gasteiger partial charge on any atom is -0.459 e. The fourth-order valence-corrected chi connectivity index (χ4v) is 1.05. The Morgan fingerprint density at radius 3 is 1.58 bits per heavy atom. The van der Waals surface area contributed by atoms with E-state index in [1.54, 1.807) is 0 Å². The van der Waals surface area contributed by atoms with Gasteiger partial charge in [0.2, 0.25) is 0 Å². The Labute approximate surface area is 105 Å². The van der Waals surface area contributed by atoms with Crippen LogP contribution in [0.15, 0.2) is 0 Å². The van der Waals surface area contributed by atoms with Crippen LogP contribution in [0.25, 0.3) is 0 Å². The summed E-state index contributed by atoms with van der Waals surface area (Å²) in [5.74, 6) is -13.4. The van der Waals surface area contributed by atoms with Crippen LogP contribution < -0.4 is 0 Å². The standard InChI is InChI=1S/C10H14F6O3/c1-5(2)18-7(17)8(11,19-6(3)4)9(12,13)10(14,15)16/h5-6H,1-4H3. The van der Waals surface area contributed by atoms with E-state index in [4.69, 9.17) is 0 Å². The Kier molecular flexibility index (Phi) is 5.27. The smallest absolute Gasteiger partial charge is 0.459 e. The lowest BCUT2D eigenvalue weighted by Gasteiger charge is -2.33. The zero-order chi connectivity index (χ0) is 15.6. The number of halogens is 6. The van der Waals surface area contributed by atoms with Crippen molar-refractivity contribution in [1.29, 1.82) is 0 Å². The van der Waals surface area contributed by atoms with Crippen molar-refractivity contribution in [3.63, 3.8) is 0 Å². The number of ether oxygens (including phenoxy) is 2. The molecule has 0 aliphatic carbocycles. The number of hydrogen-bond acceptors (Lipinski definition) is 3. The molecule has 9 heteroatoms. The highest BCUT2D eigenvalue weighted by molar-refractivity contribution is 5.79. The molecule has 19 heavy (non-hydrogen) atoms. The molecule has 3 nitrogen and oxygen atoms in total. The van der Waals surface area contributed by atoms with E-state index in [1.165, 1.54) is 13.8 Å². The van der Waals surface area contributed by atoms with Crippen LogP contribution in [0, 0.1) is 0 Å². The maximum absolute atomic E-state index is 13.9. The molecule has 0 aliphatic heterocycles. The topological polar surface area (TPSA) is 35.5 Å². The first-order valence-electron chi connectivity index (χ1n) is 5.28. The molecular formula is C10H14F6O3. The average Bonchev–Trinajstić information content (AvgIpc) is 2.12. The van der Waals surface area contributed by atoms with Crippen molar-refractivity contribution in [3.05, 3.63) is 0 Å². The predicted octanol–water partition coefficient (Wildman–Crippen LogP) is 3.23. The second-order valence-corrected chi connectivity index (χ2v) is 4.29. The van der Waals surface area contributed by atoms with E-state index in [0.29, 0.717) is 0 Å². The third-order valence-electron chi connectivity index (χ3n) is 1.76. The van der Waals surface area contributed by atoms with E-state index in [1.807, 2.05) is 0 Å². The van der Waals surface area contributed by atoms with Crippen LogP contribution >= 0.6 is 0 Å². The Bertz CT molecular complexity index is 326. The molecule has 0 N–H and O–H groups in total. The number of alkyl halides is 6. The van der Waals surface area contributed by atoms with Crippen molar-refractivity contribution in [1.82, 2.24) is 0 Å². The molecule has 114 valence electrons. The van der Waals surface area contributed by atoms with E-state index in [9.17, 15) is 31.1 Å². The minimum atomic E-state index is -6.30. The van der Waals surface area contributed by atoms with Crippen molar-refractivity contribution < 1.29 is 40.6 Å². The minimum absolute atomic E-state index is 1.00. The van der Waals surface area contributed by atoms with Crippen molar-refractivity contribution in [2.24, 2.45) is 0 Å². The first kappa shape index (κ1) is 18.0. The highest BCUT2D eigenvalue weighted by atomic mass is 19.4. The molecule has 0 fully saturated rings. The van der Waals surface area contributed by atoms with Crippen molar-refractivity contribution in [2.45, 2.75) is 57.9 Å². The number of esters is 1. The highest BCUT2D eigenvalue weighted by Gasteiger charge is 2.77. The van der Waals surface area contributed by atoms with Gasteiger partial charge in [0.05, 0.1) is 12.2 Å². The Morgan fingerprint density at radius 1 is 0.895 bits per heavy atom.